The fraction of sp³-hybridized carbons (Fsp3) is 0.111. The van der Waals surface area contributed by atoms with Crippen molar-refractivity contribution in [2.75, 3.05) is 13.2 Å². The molecule has 0 fully saturated rings. The van der Waals surface area contributed by atoms with E-state index >= 15 is 0 Å². The monoisotopic (exact) mass is 330 g/mol. The van der Waals surface area contributed by atoms with Gasteiger partial charge in [-0.1, -0.05) is 25.3 Å². The highest BCUT2D eigenvalue weighted by atomic mass is 32.2. The zero-order valence-electron chi connectivity index (χ0n) is 12.6. The lowest BCUT2D eigenvalue weighted by molar-refractivity contribution is 0.362. The van der Waals surface area contributed by atoms with Crippen molar-refractivity contribution < 1.29 is 17.9 Å². The summed E-state index contributed by atoms with van der Waals surface area (Å²) in [5.74, 6) is 1.89. The first-order valence-corrected chi connectivity index (χ1v) is 8.08. The van der Waals surface area contributed by atoms with Crippen molar-refractivity contribution in [1.29, 1.82) is 0 Å². The van der Waals surface area contributed by atoms with Crippen LogP contribution in [0.5, 0.6) is 17.2 Å². The Morgan fingerprint density at radius 2 is 1.22 bits per heavy atom. The van der Waals surface area contributed by atoms with E-state index in [9.17, 15) is 4.21 Å². The maximum absolute atomic E-state index is 12.2. The highest BCUT2D eigenvalue weighted by Gasteiger charge is 2.07. The van der Waals surface area contributed by atoms with E-state index in [0.717, 1.165) is 0 Å². The Morgan fingerprint density at radius 1 is 0.783 bits per heavy atom. The van der Waals surface area contributed by atoms with Crippen LogP contribution in [0, 0.1) is 0 Å². The first-order valence-electron chi connectivity index (χ1n) is 7.00. The van der Waals surface area contributed by atoms with Gasteiger partial charge in [-0.25, -0.2) is 4.21 Å². The van der Waals surface area contributed by atoms with Gasteiger partial charge in [0.15, 0.2) is 0 Å². The van der Waals surface area contributed by atoms with Crippen LogP contribution < -0.4 is 13.7 Å². The normalized spacial score (nSPS) is 11.3. The lowest BCUT2D eigenvalue weighted by atomic mass is 10.3. The Kier molecular flexibility index (Phi) is 6.44. The molecule has 120 valence electrons. The van der Waals surface area contributed by atoms with E-state index in [2.05, 4.69) is 13.2 Å². The predicted molar refractivity (Wildman–Crippen MR) is 91.3 cm³/mol. The van der Waals surface area contributed by atoms with Crippen LogP contribution in [-0.4, -0.2) is 17.4 Å². The first-order chi connectivity index (χ1) is 11.2. The number of hydrogen-bond donors (Lipinski definition) is 0. The summed E-state index contributed by atoms with van der Waals surface area (Å²) in [5, 5.41) is 0. The number of benzene rings is 2. The lowest BCUT2D eigenvalue weighted by Crippen LogP contribution is -2.01. The molecule has 0 heterocycles. The minimum atomic E-state index is -1.59. The molecule has 1 unspecified atom stereocenters. The summed E-state index contributed by atoms with van der Waals surface area (Å²) in [6.45, 7) is 8.04. The van der Waals surface area contributed by atoms with Crippen molar-refractivity contribution in [2.45, 2.75) is 4.90 Å². The van der Waals surface area contributed by atoms with Gasteiger partial charge in [-0.2, -0.15) is 0 Å². The van der Waals surface area contributed by atoms with Crippen LogP contribution >= 0.6 is 0 Å². The second-order valence-corrected chi connectivity index (χ2v) is 5.57. The molecule has 0 aliphatic heterocycles. The highest BCUT2D eigenvalue weighted by Crippen LogP contribution is 2.21. The Bertz CT molecular complexity index is 662. The molecule has 0 amide bonds. The van der Waals surface area contributed by atoms with Gasteiger partial charge in [-0.05, 0) is 48.5 Å². The highest BCUT2D eigenvalue weighted by molar-refractivity contribution is 7.80. The third kappa shape index (κ3) is 5.30. The van der Waals surface area contributed by atoms with Crippen LogP contribution in [0.15, 0.2) is 78.7 Å². The van der Waals surface area contributed by atoms with Crippen molar-refractivity contribution in [1.82, 2.24) is 0 Å². The molecule has 2 aromatic carbocycles. The standard InChI is InChI=1S/C18H18O4S/c1-3-13-20-15-5-7-17(8-6-15)22-23(19)18-11-9-16(10-12-18)21-14-4-2/h3-12H,1-2,13-14H2. The molecule has 0 aliphatic carbocycles. The minimum absolute atomic E-state index is 0.430. The topological polar surface area (TPSA) is 44.8 Å². The van der Waals surface area contributed by atoms with E-state index in [1.54, 1.807) is 60.7 Å². The van der Waals surface area contributed by atoms with Crippen molar-refractivity contribution in [2.24, 2.45) is 0 Å². The van der Waals surface area contributed by atoms with Gasteiger partial charge in [0.2, 0.25) is 11.1 Å². The maximum Gasteiger partial charge on any atom is 0.240 e. The second kappa shape index (κ2) is 8.80. The summed E-state index contributed by atoms with van der Waals surface area (Å²) in [6.07, 6.45) is 3.33. The Labute approximate surface area is 138 Å². The van der Waals surface area contributed by atoms with Gasteiger partial charge < -0.3 is 13.7 Å². The lowest BCUT2D eigenvalue weighted by Gasteiger charge is -2.08. The van der Waals surface area contributed by atoms with Crippen LogP contribution in [-0.2, 0) is 11.1 Å². The zero-order valence-corrected chi connectivity index (χ0v) is 13.5. The largest absolute Gasteiger partial charge is 0.490 e. The van der Waals surface area contributed by atoms with E-state index < -0.39 is 11.1 Å². The van der Waals surface area contributed by atoms with E-state index in [-0.39, 0.29) is 0 Å². The molecule has 0 saturated heterocycles. The molecule has 2 aromatic rings. The summed E-state index contributed by atoms with van der Waals surface area (Å²) < 4.78 is 28.4. The number of ether oxygens (including phenoxy) is 2. The third-order valence-corrected chi connectivity index (χ3v) is 3.75. The van der Waals surface area contributed by atoms with E-state index in [1.807, 2.05) is 0 Å². The van der Waals surface area contributed by atoms with Gasteiger partial charge in [0, 0.05) is 0 Å². The molecular weight excluding hydrogens is 312 g/mol. The second-order valence-electron chi connectivity index (χ2n) is 4.46. The zero-order chi connectivity index (χ0) is 16.5. The summed E-state index contributed by atoms with van der Waals surface area (Å²) in [6, 6.07) is 13.8. The average Bonchev–Trinajstić information content (AvgIpc) is 2.59. The van der Waals surface area contributed by atoms with Crippen LogP contribution in [0.25, 0.3) is 0 Å². The summed E-state index contributed by atoms with van der Waals surface area (Å²) >= 11 is -1.59. The van der Waals surface area contributed by atoms with Gasteiger partial charge in [0.1, 0.15) is 30.5 Å². The SMILES string of the molecule is C=CCOc1ccc(OS(=O)c2ccc(OCC=C)cc2)cc1. The van der Waals surface area contributed by atoms with Crippen molar-refractivity contribution >= 4 is 11.1 Å². The molecule has 1 atom stereocenters. The maximum atomic E-state index is 12.2. The molecule has 0 saturated carbocycles. The summed E-state index contributed by atoms with van der Waals surface area (Å²) in [4.78, 5) is 0.558. The third-order valence-electron chi connectivity index (χ3n) is 2.75. The van der Waals surface area contributed by atoms with Crippen LogP contribution in [0.2, 0.25) is 0 Å². The van der Waals surface area contributed by atoms with E-state index in [1.165, 1.54) is 0 Å². The Balaban J connectivity index is 1.95. The predicted octanol–water partition coefficient (Wildman–Crippen LogP) is 3.92. The first kappa shape index (κ1) is 16.8. The van der Waals surface area contributed by atoms with Gasteiger partial charge in [-0.15, -0.1) is 0 Å². The summed E-state index contributed by atoms with van der Waals surface area (Å²) in [7, 11) is 0. The molecule has 0 bridgehead atoms. The van der Waals surface area contributed by atoms with E-state index in [0.29, 0.717) is 35.4 Å². The molecule has 5 heteroatoms. The quantitative estimate of drug-likeness (QED) is 0.654. The van der Waals surface area contributed by atoms with Gasteiger partial charge >= 0.3 is 0 Å². The Morgan fingerprint density at radius 3 is 1.70 bits per heavy atom. The molecule has 0 aliphatic rings. The fourth-order valence-electron chi connectivity index (χ4n) is 1.68. The van der Waals surface area contributed by atoms with Crippen molar-refractivity contribution in [3.8, 4) is 17.2 Å². The van der Waals surface area contributed by atoms with Crippen LogP contribution in [0.4, 0.5) is 0 Å². The fourth-order valence-corrected chi connectivity index (χ4v) is 2.42. The molecule has 0 aromatic heterocycles. The molecule has 4 nitrogen and oxygen atoms in total. The van der Waals surface area contributed by atoms with Gasteiger partial charge in [-0.3, -0.25) is 0 Å². The van der Waals surface area contributed by atoms with Crippen molar-refractivity contribution in [3.63, 3.8) is 0 Å². The minimum Gasteiger partial charge on any atom is -0.490 e. The molecular formula is C18H18O4S. The number of rotatable bonds is 9. The van der Waals surface area contributed by atoms with Crippen molar-refractivity contribution in [3.05, 3.63) is 73.8 Å². The average molecular weight is 330 g/mol. The smallest absolute Gasteiger partial charge is 0.240 e. The molecule has 0 radical (unpaired) electrons. The molecule has 0 spiro atoms. The van der Waals surface area contributed by atoms with Crippen LogP contribution in [0.3, 0.4) is 0 Å². The molecule has 23 heavy (non-hydrogen) atoms. The van der Waals surface area contributed by atoms with Gasteiger partial charge in [0.05, 0.1) is 4.90 Å². The molecule has 0 N–H and O–H groups in total. The van der Waals surface area contributed by atoms with Gasteiger partial charge in [0.25, 0.3) is 0 Å². The van der Waals surface area contributed by atoms with E-state index in [4.69, 9.17) is 13.7 Å². The summed E-state index contributed by atoms with van der Waals surface area (Å²) in [5.41, 5.74) is 0. The Hall–Kier alpha value is -2.53. The number of hydrogen-bond acceptors (Lipinski definition) is 4. The van der Waals surface area contributed by atoms with Crippen LogP contribution in [0.1, 0.15) is 0 Å². The molecule has 2 rings (SSSR count).